The van der Waals surface area contributed by atoms with E-state index in [4.69, 9.17) is 16.6 Å². The second-order valence-corrected chi connectivity index (χ2v) is 9.69. The number of hydrogen-bond acceptors (Lipinski definition) is 6. The topological polar surface area (TPSA) is 177 Å². The molecule has 0 rings (SSSR count). The maximum Gasteiger partial charge on any atom is 0.305 e. The van der Waals surface area contributed by atoms with E-state index < -0.39 is 35.8 Å². The number of hydrogen-bond donors (Lipinski definition) is 5. The van der Waals surface area contributed by atoms with E-state index in [-0.39, 0.29) is 35.9 Å². The zero-order chi connectivity index (χ0) is 24.4. The highest BCUT2D eigenvalue weighted by atomic mass is 16.4. The van der Waals surface area contributed by atoms with Crippen LogP contribution in [0.1, 0.15) is 73.6 Å². The van der Waals surface area contributed by atoms with Gasteiger partial charge in [0.25, 0.3) is 0 Å². The van der Waals surface area contributed by atoms with E-state index in [0.29, 0.717) is 19.4 Å². The highest BCUT2D eigenvalue weighted by Crippen LogP contribution is 2.18. The van der Waals surface area contributed by atoms with Gasteiger partial charge < -0.3 is 27.2 Å². The molecule has 31 heavy (non-hydrogen) atoms. The van der Waals surface area contributed by atoms with Crippen molar-refractivity contribution in [1.29, 1.82) is 0 Å². The number of aliphatic carboxylic acids is 1. The van der Waals surface area contributed by atoms with Gasteiger partial charge in [0.1, 0.15) is 5.78 Å². The SMILES string of the molecule is CC(C)(C)N[C@@H](CCCN=C(N)N)C(=O)CCC(=O)N[C@@H](CC(=O)O)C(=O)C(C)(C)C. The fourth-order valence-electron chi connectivity index (χ4n) is 2.92. The number of guanidine groups is 1. The zero-order valence-corrected chi connectivity index (χ0v) is 19.6. The molecule has 0 aliphatic carbocycles. The van der Waals surface area contributed by atoms with Crippen molar-refractivity contribution in [3.05, 3.63) is 0 Å². The van der Waals surface area contributed by atoms with Gasteiger partial charge in [-0.25, -0.2) is 0 Å². The number of ketones is 2. The number of aliphatic imine (C=N–C) groups is 1. The van der Waals surface area contributed by atoms with Gasteiger partial charge in [-0.15, -0.1) is 0 Å². The molecule has 0 fully saturated rings. The lowest BCUT2D eigenvalue weighted by atomic mass is 9.85. The molecule has 10 heteroatoms. The number of carbonyl (C=O) groups excluding carboxylic acids is 3. The number of carboxylic acid groups (broad SMARTS) is 1. The number of carbonyl (C=O) groups is 4. The van der Waals surface area contributed by atoms with E-state index in [1.165, 1.54) is 0 Å². The Morgan fingerprint density at radius 2 is 1.55 bits per heavy atom. The van der Waals surface area contributed by atoms with Crippen molar-refractivity contribution in [2.75, 3.05) is 6.54 Å². The Bertz CT molecular complexity index is 673. The standard InChI is InChI=1S/C21H39N5O5/c1-20(2,3)18(31)14(12-17(29)30)25-16(28)10-9-15(27)13(26-21(4,5)6)8-7-11-24-19(22)23/h13-14,26H,7-12H2,1-6H3,(H,25,28)(H,29,30)(H4,22,23,24)/t13-,14-/m0/s1. The molecule has 0 saturated heterocycles. The van der Waals surface area contributed by atoms with E-state index in [2.05, 4.69) is 15.6 Å². The van der Waals surface area contributed by atoms with Crippen molar-refractivity contribution >= 4 is 29.4 Å². The number of nitrogens with one attached hydrogen (secondary N) is 2. The van der Waals surface area contributed by atoms with Crippen molar-refractivity contribution < 1.29 is 24.3 Å². The minimum atomic E-state index is -1.19. The summed E-state index contributed by atoms with van der Waals surface area (Å²) in [4.78, 5) is 52.5. The van der Waals surface area contributed by atoms with E-state index in [0.717, 1.165) is 0 Å². The summed E-state index contributed by atoms with van der Waals surface area (Å²) >= 11 is 0. The number of carboxylic acids is 1. The van der Waals surface area contributed by atoms with Gasteiger partial charge in [0.05, 0.1) is 18.5 Å². The molecule has 1 amide bonds. The van der Waals surface area contributed by atoms with E-state index in [1.54, 1.807) is 20.8 Å². The third-order valence-corrected chi connectivity index (χ3v) is 4.31. The molecule has 0 aliphatic rings. The van der Waals surface area contributed by atoms with Crippen LogP contribution in [0.2, 0.25) is 0 Å². The summed E-state index contributed by atoms with van der Waals surface area (Å²) in [7, 11) is 0. The second-order valence-electron chi connectivity index (χ2n) is 9.69. The van der Waals surface area contributed by atoms with Crippen molar-refractivity contribution in [3.8, 4) is 0 Å². The molecule has 10 nitrogen and oxygen atoms in total. The van der Waals surface area contributed by atoms with Crippen LogP contribution in [0.4, 0.5) is 0 Å². The van der Waals surface area contributed by atoms with Crippen LogP contribution in [-0.2, 0) is 19.2 Å². The number of Topliss-reactive ketones (excluding diaryl/α,β-unsaturated/α-hetero) is 2. The van der Waals surface area contributed by atoms with Crippen molar-refractivity contribution in [2.45, 2.75) is 91.3 Å². The molecule has 0 aliphatic heterocycles. The van der Waals surface area contributed by atoms with Crippen molar-refractivity contribution in [1.82, 2.24) is 10.6 Å². The van der Waals surface area contributed by atoms with Crippen LogP contribution in [0.5, 0.6) is 0 Å². The summed E-state index contributed by atoms with van der Waals surface area (Å²) in [6.07, 6.45) is 0.408. The quantitative estimate of drug-likeness (QED) is 0.158. The zero-order valence-electron chi connectivity index (χ0n) is 19.6. The lowest BCUT2D eigenvalue weighted by Gasteiger charge is -2.28. The predicted octanol–water partition coefficient (Wildman–Crippen LogP) is 0.721. The number of nitrogens with two attached hydrogens (primary N) is 2. The maximum atomic E-state index is 12.7. The minimum absolute atomic E-state index is 0.0101. The van der Waals surface area contributed by atoms with Gasteiger partial charge in [-0.1, -0.05) is 20.8 Å². The summed E-state index contributed by atoms with van der Waals surface area (Å²) in [5, 5.41) is 14.8. The van der Waals surface area contributed by atoms with Gasteiger partial charge in [0.2, 0.25) is 5.91 Å². The molecular formula is C21H39N5O5. The fraction of sp³-hybridized carbons (Fsp3) is 0.762. The Morgan fingerprint density at radius 3 is 2.00 bits per heavy atom. The predicted molar refractivity (Wildman–Crippen MR) is 119 cm³/mol. The lowest BCUT2D eigenvalue weighted by Crippen LogP contribution is -2.48. The molecule has 0 spiro atoms. The van der Waals surface area contributed by atoms with Crippen LogP contribution in [0.3, 0.4) is 0 Å². The molecule has 178 valence electrons. The van der Waals surface area contributed by atoms with Gasteiger partial charge >= 0.3 is 5.97 Å². The van der Waals surface area contributed by atoms with Crippen LogP contribution in [-0.4, -0.2) is 58.7 Å². The third kappa shape index (κ3) is 13.4. The van der Waals surface area contributed by atoms with Gasteiger partial charge in [-0.2, -0.15) is 0 Å². The Labute approximate surface area is 184 Å². The monoisotopic (exact) mass is 441 g/mol. The van der Waals surface area contributed by atoms with Gasteiger partial charge in [0.15, 0.2) is 11.7 Å². The molecule has 0 unspecified atom stereocenters. The summed E-state index contributed by atoms with van der Waals surface area (Å²) < 4.78 is 0. The summed E-state index contributed by atoms with van der Waals surface area (Å²) in [5.41, 5.74) is 9.50. The lowest BCUT2D eigenvalue weighted by molar-refractivity contribution is -0.142. The number of amides is 1. The highest BCUT2D eigenvalue weighted by Gasteiger charge is 2.32. The Hall–Kier alpha value is -2.49. The van der Waals surface area contributed by atoms with E-state index in [9.17, 15) is 19.2 Å². The molecule has 0 radical (unpaired) electrons. The molecule has 7 N–H and O–H groups in total. The summed E-state index contributed by atoms with van der Waals surface area (Å²) in [6.45, 7) is 11.2. The first-order valence-electron chi connectivity index (χ1n) is 10.4. The Morgan fingerprint density at radius 1 is 0.968 bits per heavy atom. The van der Waals surface area contributed by atoms with E-state index in [1.807, 2.05) is 20.8 Å². The van der Waals surface area contributed by atoms with Gasteiger partial charge in [-0.05, 0) is 33.6 Å². The van der Waals surface area contributed by atoms with Gasteiger partial charge in [0, 0.05) is 30.3 Å². The molecule has 0 aromatic carbocycles. The van der Waals surface area contributed by atoms with Crippen LogP contribution >= 0.6 is 0 Å². The molecule has 0 aromatic rings. The van der Waals surface area contributed by atoms with Crippen LogP contribution in [0.25, 0.3) is 0 Å². The van der Waals surface area contributed by atoms with Crippen LogP contribution in [0, 0.1) is 5.41 Å². The number of rotatable bonds is 13. The molecule has 0 aromatic heterocycles. The minimum Gasteiger partial charge on any atom is -0.481 e. The number of nitrogens with zero attached hydrogens (tertiary/aromatic N) is 1. The molecular weight excluding hydrogens is 402 g/mol. The van der Waals surface area contributed by atoms with Crippen molar-refractivity contribution in [2.24, 2.45) is 21.9 Å². The first-order valence-corrected chi connectivity index (χ1v) is 10.4. The highest BCUT2D eigenvalue weighted by molar-refractivity contribution is 5.95. The molecule has 2 atom stereocenters. The first kappa shape index (κ1) is 28.5. The normalized spacial score (nSPS) is 13.7. The molecule has 0 bridgehead atoms. The van der Waals surface area contributed by atoms with E-state index >= 15 is 0 Å². The van der Waals surface area contributed by atoms with Crippen molar-refractivity contribution in [3.63, 3.8) is 0 Å². The Kier molecular flexibility index (Phi) is 11.4. The average Bonchev–Trinajstić information content (AvgIpc) is 2.58. The first-order chi connectivity index (χ1) is 14.0. The summed E-state index contributed by atoms with van der Waals surface area (Å²) in [6, 6.07) is -1.61. The fourth-order valence-corrected chi connectivity index (χ4v) is 2.92. The van der Waals surface area contributed by atoms with Crippen LogP contribution < -0.4 is 22.1 Å². The molecule has 0 heterocycles. The maximum absolute atomic E-state index is 12.7. The summed E-state index contributed by atoms with van der Waals surface area (Å²) in [5.74, 6) is -2.25. The van der Waals surface area contributed by atoms with Gasteiger partial charge in [-0.3, -0.25) is 24.2 Å². The third-order valence-electron chi connectivity index (χ3n) is 4.31. The smallest absolute Gasteiger partial charge is 0.305 e. The Balaban J connectivity index is 4.98. The van der Waals surface area contributed by atoms with Crippen LogP contribution in [0.15, 0.2) is 4.99 Å². The molecule has 0 saturated carbocycles. The largest absolute Gasteiger partial charge is 0.481 e. The second kappa shape index (κ2) is 12.4. The average molecular weight is 442 g/mol.